The van der Waals surface area contributed by atoms with E-state index in [4.69, 9.17) is 4.74 Å². The summed E-state index contributed by atoms with van der Waals surface area (Å²) < 4.78 is 6.92. The molecule has 7 nitrogen and oxygen atoms in total. The van der Waals surface area contributed by atoms with E-state index in [1.54, 1.807) is 34.9 Å². The molecule has 142 valence electrons. The minimum absolute atomic E-state index is 0.688. The Hall–Kier alpha value is -2.91. The Morgan fingerprint density at radius 3 is 2.64 bits per heavy atom. The molecule has 0 saturated heterocycles. The van der Waals surface area contributed by atoms with Crippen LogP contribution in [0.1, 0.15) is 11.3 Å². The van der Waals surface area contributed by atoms with Gasteiger partial charge >= 0.3 is 0 Å². The summed E-state index contributed by atoms with van der Waals surface area (Å²) in [7, 11) is 1.66. The van der Waals surface area contributed by atoms with Crippen LogP contribution >= 0.6 is 23.1 Å². The van der Waals surface area contributed by atoms with Crippen molar-refractivity contribution in [1.82, 2.24) is 25.2 Å². The Balaban J connectivity index is 1.40. The van der Waals surface area contributed by atoms with E-state index >= 15 is 0 Å². The summed E-state index contributed by atoms with van der Waals surface area (Å²) in [5, 5.41) is 19.0. The zero-order valence-corrected chi connectivity index (χ0v) is 17.0. The second-order valence-electron chi connectivity index (χ2n) is 5.99. The maximum absolute atomic E-state index is 5.18. The minimum Gasteiger partial charge on any atom is -0.497 e. The van der Waals surface area contributed by atoms with Crippen molar-refractivity contribution in [3.8, 4) is 11.4 Å². The average Bonchev–Trinajstić information content (AvgIpc) is 3.37. The molecule has 4 rings (SSSR count). The van der Waals surface area contributed by atoms with Crippen LogP contribution in [0.3, 0.4) is 0 Å². The van der Waals surface area contributed by atoms with Crippen molar-refractivity contribution in [3.63, 3.8) is 0 Å². The van der Waals surface area contributed by atoms with Crippen LogP contribution in [0.2, 0.25) is 0 Å². The maximum Gasteiger partial charge on any atom is 0.214 e. The number of nitrogens with one attached hydrogen (secondary N) is 1. The van der Waals surface area contributed by atoms with E-state index in [1.807, 2.05) is 53.9 Å². The normalized spacial score (nSPS) is 10.8. The predicted octanol–water partition coefficient (Wildman–Crippen LogP) is 4.47. The van der Waals surface area contributed by atoms with Gasteiger partial charge in [-0.05, 0) is 53.7 Å². The molecule has 2 heterocycles. The largest absolute Gasteiger partial charge is 0.497 e. The number of rotatable bonds is 7. The highest BCUT2D eigenvalue weighted by molar-refractivity contribution is 7.98. The molecule has 9 heteroatoms. The minimum atomic E-state index is 0.688. The topological polar surface area (TPSA) is 77.8 Å². The third-order valence-electron chi connectivity index (χ3n) is 3.96. The van der Waals surface area contributed by atoms with Crippen LogP contribution in [0.25, 0.3) is 5.69 Å². The maximum atomic E-state index is 5.18. The van der Waals surface area contributed by atoms with E-state index in [0.29, 0.717) is 5.75 Å². The average molecular weight is 411 g/mol. The molecule has 0 fully saturated rings. The highest BCUT2D eigenvalue weighted by Crippen LogP contribution is 2.27. The highest BCUT2D eigenvalue weighted by atomic mass is 32.2. The van der Waals surface area contributed by atoms with E-state index in [9.17, 15) is 0 Å². The molecule has 4 aromatic rings. The number of anilines is 2. The molecule has 0 spiro atoms. The molecular weight excluding hydrogens is 392 g/mol. The lowest BCUT2D eigenvalue weighted by Crippen LogP contribution is -1.99. The lowest BCUT2D eigenvalue weighted by atomic mass is 10.2. The zero-order chi connectivity index (χ0) is 19.3. The molecule has 2 aromatic carbocycles. The van der Waals surface area contributed by atoms with Crippen molar-refractivity contribution in [3.05, 3.63) is 65.2 Å². The highest BCUT2D eigenvalue weighted by Gasteiger charge is 2.11. The van der Waals surface area contributed by atoms with E-state index in [1.165, 1.54) is 5.56 Å². The van der Waals surface area contributed by atoms with Gasteiger partial charge < -0.3 is 10.1 Å². The Labute approximate surface area is 170 Å². The van der Waals surface area contributed by atoms with E-state index in [0.717, 1.165) is 33.1 Å². The van der Waals surface area contributed by atoms with Crippen molar-refractivity contribution in [2.75, 3.05) is 12.4 Å². The summed E-state index contributed by atoms with van der Waals surface area (Å²) in [5.41, 5.74) is 4.09. The van der Waals surface area contributed by atoms with Crippen LogP contribution in [-0.2, 0) is 5.75 Å². The summed E-state index contributed by atoms with van der Waals surface area (Å²) in [6.07, 6.45) is 0. The van der Waals surface area contributed by atoms with Crippen LogP contribution < -0.4 is 10.1 Å². The van der Waals surface area contributed by atoms with Crippen molar-refractivity contribution >= 4 is 33.9 Å². The lowest BCUT2D eigenvalue weighted by molar-refractivity contribution is 0.415. The third-order valence-corrected chi connectivity index (χ3v) is 5.72. The number of hydrogen-bond donors (Lipinski definition) is 1. The zero-order valence-electron chi connectivity index (χ0n) is 15.4. The first-order valence-electron chi connectivity index (χ1n) is 8.55. The smallest absolute Gasteiger partial charge is 0.214 e. The number of tetrazole rings is 1. The van der Waals surface area contributed by atoms with Crippen molar-refractivity contribution in [2.45, 2.75) is 17.8 Å². The second kappa shape index (κ2) is 8.41. The third kappa shape index (κ3) is 4.32. The molecule has 0 unspecified atom stereocenters. The summed E-state index contributed by atoms with van der Waals surface area (Å²) in [5.74, 6) is 1.51. The standard InChI is InChI=1S/C19H18N6OS2/c1-13-3-7-16(8-4-13)25-19(22-23-24-25)28-12-15-11-27-18(21-15)20-14-5-9-17(26-2)10-6-14/h3-11H,12H2,1-2H3,(H,20,21). The monoisotopic (exact) mass is 410 g/mol. The molecule has 0 aliphatic rings. The van der Waals surface area contributed by atoms with Crippen LogP contribution in [0.15, 0.2) is 59.1 Å². The fourth-order valence-corrected chi connectivity index (χ4v) is 4.10. The predicted molar refractivity (Wildman–Crippen MR) is 112 cm³/mol. The van der Waals surface area contributed by atoms with Crippen LogP contribution in [0.5, 0.6) is 5.75 Å². The molecule has 0 bridgehead atoms. The summed E-state index contributed by atoms with van der Waals surface area (Å²) in [6.45, 7) is 2.05. The number of nitrogens with zero attached hydrogens (tertiary/aromatic N) is 5. The number of thiazole rings is 1. The molecule has 1 N–H and O–H groups in total. The van der Waals surface area contributed by atoms with E-state index < -0.39 is 0 Å². The lowest BCUT2D eigenvalue weighted by Gasteiger charge is -2.04. The van der Waals surface area contributed by atoms with Gasteiger partial charge in [0, 0.05) is 16.8 Å². The van der Waals surface area contributed by atoms with Gasteiger partial charge in [-0.25, -0.2) is 4.98 Å². The van der Waals surface area contributed by atoms with Gasteiger partial charge in [0.1, 0.15) is 5.75 Å². The number of ether oxygens (including phenoxy) is 1. The fraction of sp³-hybridized carbons (Fsp3) is 0.158. The molecule has 0 aliphatic heterocycles. The summed E-state index contributed by atoms with van der Waals surface area (Å²) in [4.78, 5) is 4.64. The molecule has 2 aromatic heterocycles. The van der Waals surface area contributed by atoms with E-state index in [-0.39, 0.29) is 0 Å². The van der Waals surface area contributed by atoms with Gasteiger partial charge in [-0.2, -0.15) is 4.68 Å². The number of benzene rings is 2. The molecule has 0 aliphatic carbocycles. The van der Waals surface area contributed by atoms with Gasteiger partial charge in [0.15, 0.2) is 5.13 Å². The number of hydrogen-bond acceptors (Lipinski definition) is 8. The van der Waals surface area contributed by atoms with Crippen LogP contribution in [0, 0.1) is 6.92 Å². The molecule has 0 atom stereocenters. The first kappa shape index (κ1) is 18.5. The Morgan fingerprint density at radius 1 is 1.11 bits per heavy atom. The summed E-state index contributed by atoms with van der Waals surface area (Å²) in [6, 6.07) is 15.9. The van der Waals surface area contributed by atoms with Crippen molar-refractivity contribution < 1.29 is 4.74 Å². The van der Waals surface area contributed by atoms with Gasteiger partial charge in [-0.1, -0.05) is 29.5 Å². The Morgan fingerprint density at radius 2 is 1.89 bits per heavy atom. The second-order valence-corrected chi connectivity index (χ2v) is 7.80. The Kier molecular flexibility index (Phi) is 5.54. The van der Waals surface area contributed by atoms with Gasteiger partial charge in [-0.15, -0.1) is 16.4 Å². The summed E-state index contributed by atoms with van der Waals surface area (Å²) >= 11 is 3.13. The SMILES string of the molecule is COc1ccc(Nc2nc(CSc3nnnn3-c3ccc(C)cc3)cs2)cc1. The van der Waals surface area contributed by atoms with Crippen molar-refractivity contribution in [1.29, 1.82) is 0 Å². The van der Waals surface area contributed by atoms with Gasteiger partial charge in [0.2, 0.25) is 5.16 Å². The number of aryl methyl sites for hydroxylation is 1. The fourth-order valence-electron chi connectivity index (χ4n) is 2.48. The van der Waals surface area contributed by atoms with Crippen LogP contribution in [0.4, 0.5) is 10.8 Å². The number of aromatic nitrogens is 5. The van der Waals surface area contributed by atoms with Gasteiger partial charge in [0.25, 0.3) is 0 Å². The molecule has 28 heavy (non-hydrogen) atoms. The molecule has 0 radical (unpaired) electrons. The van der Waals surface area contributed by atoms with Crippen molar-refractivity contribution in [2.24, 2.45) is 0 Å². The molecule has 0 amide bonds. The van der Waals surface area contributed by atoms with E-state index in [2.05, 4.69) is 32.7 Å². The van der Waals surface area contributed by atoms with Gasteiger partial charge in [-0.3, -0.25) is 0 Å². The quantitative estimate of drug-likeness (QED) is 0.450. The Bertz CT molecular complexity index is 1040. The number of thioether (sulfide) groups is 1. The van der Waals surface area contributed by atoms with Crippen LogP contribution in [-0.4, -0.2) is 32.3 Å². The molecule has 0 saturated carbocycles. The van der Waals surface area contributed by atoms with Gasteiger partial charge in [0.05, 0.1) is 18.5 Å². The first-order valence-corrected chi connectivity index (χ1v) is 10.4. The first-order chi connectivity index (χ1) is 13.7. The molecular formula is C19H18N6OS2. The number of methoxy groups -OCH3 is 1.